The number of aliphatic hydroxyl groups excluding tert-OH is 1. The molecular weight excluding hydrogens is 713 g/mol. The van der Waals surface area contributed by atoms with Gasteiger partial charge in [0.25, 0.3) is 5.91 Å². The molecule has 13 nitrogen and oxygen atoms in total. The molecule has 1 heterocycles. The fourth-order valence-corrected chi connectivity index (χ4v) is 6.59. The highest BCUT2D eigenvalue weighted by molar-refractivity contribution is 7.92. The minimum absolute atomic E-state index is 0.00950. The van der Waals surface area contributed by atoms with Crippen molar-refractivity contribution < 1.29 is 42.5 Å². The number of esters is 2. The number of phenolic OH excluding ortho intramolecular Hbond substituents is 1. The van der Waals surface area contributed by atoms with Crippen LogP contribution < -0.4 is 20.3 Å². The van der Waals surface area contributed by atoms with Crippen molar-refractivity contribution in [1.29, 1.82) is 0 Å². The first-order valence-electron chi connectivity index (χ1n) is 17.7. The van der Waals surface area contributed by atoms with Gasteiger partial charge in [0.1, 0.15) is 25.0 Å². The molecule has 5 N–H and O–H groups in total. The van der Waals surface area contributed by atoms with Gasteiger partial charge in [0.15, 0.2) is 0 Å². The lowest BCUT2D eigenvalue weighted by Gasteiger charge is -2.34. The maximum atomic E-state index is 13.3. The van der Waals surface area contributed by atoms with Gasteiger partial charge in [0.05, 0.1) is 24.5 Å². The van der Waals surface area contributed by atoms with Gasteiger partial charge in [-0.3, -0.25) is 14.3 Å². The summed E-state index contributed by atoms with van der Waals surface area (Å²) < 4.78 is 36.2. The lowest BCUT2D eigenvalue weighted by Crippen LogP contribution is -2.43. The maximum Gasteiger partial charge on any atom is 0.329 e. The van der Waals surface area contributed by atoms with E-state index in [1.165, 1.54) is 12.1 Å². The van der Waals surface area contributed by atoms with E-state index in [-0.39, 0.29) is 31.2 Å². The van der Waals surface area contributed by atoms with Crippen LogP contribution in [0.1, 0.15) is 52.4 Å². The number of rotatable bonds is 17. The second-order valence-electron chi connectivity index (χ2n) is 13.3. The number of anilines is 2. The van der Waals surface area contributed by atoms with Crippen LogP contribution in [-0.4, -0.2) is 75.0 Å². The molecule has 0 saturated carbocycles. The second kappa shape index (κ2) is 19.1. The number of aliphatic hydroxyl groups is 1. The fourth-order valence-electron chi connectivity index (χ4n) is 6.03. The molecular formula is C40H46N4O9S. The standard InChI is InChI=1S/C40H46N4O9S/c1-54(50,51)43-34-22-32(14-17-36(34)45)37(46)25-41-24-28-18-20-44(21-19-28)33-15-12-31(13-16-33)39(48)42-35(40(49)53-27-30-10-6-3-7-11-30)23-38(47)52-26-29-8-4-2-5-9-29/h2-17,22,28,35,37,41,43,45-46H,18-21,23-27H2,1H3,(H,42,48)/t35-,37+/m1/s1. The molecule has 0 aromatic heterocycles. The zero-order valence-corrected chi connectivity index (χ0v) is 30.8. The zero-order valence-electron chi connectivity index (χ0n) is 30.0. The predicted molar refractivity (Wildman–Crippen MR) is 204 cm³/mol. The Labute approximate surface area is 315 Å². The molecule has 2 atom stereocenters. The molecule has 4 aromatic rings. The molecule has 0 unspecified atom stereocenters. The fraction of sp³-hybridized carbons (Fsp3) is 0.325. The van der Waals surface area contributed by atoms with Crippen molar-refractivity contribution in [2.45, 2.75) is 44.6 Å². The van der Waals surface area contributed by atoms with Gasteiger partial charge >= 0.3 is 11.9 Å². The largest absolute Gasteiger partial charge is 0.506 e. The number of benzene rings is 4. The quantitative estimate of drug-likeness (QED) is 0.0766. The van der Waals surface area contributed by atoms with Gasteiger partial charge in [0, 0.05) is 30.9 Å². The van der Waals surface area contributed by atoms with Gasteiger partial charge in [-0.2, -0.15) is 0 Å². The number of piperidine rings is 1. The summed E-state index contributed by atoms with van der Waals surface area (Å²) in [6.07, 6.45) is 1.50. The van der Waals surface area contributed by atoms with Crippen molar-refractivity contribution in [1.82, 2.24) is 10.6 Å². The monoisotopic (exact) mass is 758 g/mol. The number of hydrogen-bond donors (Lipinski definition) is 5. The summed E-state index contributed by atoms with van der Waals surface area (Å²) in [5.41, 5.74) is 3.31. The molecule has 0 bridgehead atoms. The lowest BCUT2D eigenvalue weighted by molar-refractivity contribution is -0.153. The van der Waals surface area contributed by atoms with Gasteiger partial charge < -0.3 is 35.2 Å². The molecule has 1 aliphatic rings. The van der Waals surface area contributed by atoms with E-state index in [9.17, 15) is 33.0 Å². The molecule has 1 amide bonds. The highest BCUT2D eigenvalue weighted by Gasteiger charge is 2.27. The van der Waals surface area contributed by atoms with Crippen LogP contribution in [-0.2, 0) is 42.3 Å². The molecule has 0 radical (unpaired) electrons. The van der Waals surface area contributed by atoms with E-state index in [1.807, 2.05) is 72.8 Å². The van der Waals surface area contributed by atoms with E-state index >= 15 is 0 Å². The van der Waals surface area contributed by atoms with Crippen molar-refractivity contribution in [3.8, 4) is 5.75 Å². The van der Waals surface area contributed by atoms with Crippen LogP contribution >= 0.6 is 0 Å². The third kappa shape index (κ3) is 12.3. The number of amides is 1. The lowest BCUT2D eigenvalue weighted by atomic mass is 9.96. The number of nitrogens with one attached hydrogen (secondary N) is 3. The number of sulfonamides is 1. The average Bonchev–Trinajstić information content (AvgIpc) is 3.17. The molecule has 1 fully saturated rings. The summed E-state index contributed by atoms with van der Waals surface area (Å²) in [5.74, 6) is -1.78. The number of hydrogen-bond acceptors (Lipinski definition) is 11. The summed E-state index contributed by atoms with van der Waals surface area (Å²) in [6.45, 7) is 2.55. The molecule has 1 saturated heterocycles. The van der Waals surface area contributed by atoms with Gasteiger partial charge in [0.2, 0.25) is 10.0 Å². The number of carbonyl (C=O) groups is 3. The van der Waals surface area contributed by atoms with Gasteiger partial charge in [-0.25, -0.2) is 13.2 Å². The first-order valence-corrected chi connectivity index (χ1v) is 19.6. The Hall–Kier alpha value is -5.44. The summed E-state index contributed by atoms with van der Waals surface area (Å²) in [6, 6.07) is 28.4. The molecule has 14 heteroatoms. The SMILES string of the molecule is CS(=O)(=O)Nc1cc([C@@H](O)CNCC2CCN(c3ccc(C(=O)N[C@H](CC(=O)OCc4ccccc4)C(=O)OCc4ccccc4)cc3)CC2)ccc1O. The van der Waals surface area contributed by atoms with Crippen LogP contribution in [0.15, 0.2) is 103 Å². The van der Waals surface area contributed by atoms with Crippen molar-refractivity contribution in [2.24, 2.45) is 5.92 Å². The Morgan fingerprint density at radius 1 is 0.852 bits per heavy atom. The van der Waals surface area contributed by atoms with E-state index < -0.39 is 46.4 Å². The highest BCUT2D eigenvalue weighted by atomic mass is 32.2. The molecule has 54 heavy (non-hydrogen) atoms. The summed E-state index contributed by atoms with van der Waals surface area (Å²) in [7, 11) is -3.59. The van der Waals surface area contributed by atoms with Crippen LogP contribution in [0.5, 0.6) is 5.75 Å². The topological polar surface area (TPSA) is 184 Å². The van der Waals surface area contributed by atoms with Crippen molar-refractivity contribution in [3.63, 3.8) is 0 Å². The predicted octanol–water partition coefficient (Wildman–Crippen LogP) is 4.28. The third-order valence-electron chi connectivity index (χ3n) is 9.01. The van der Waals surface area contributed by atoms with Gasteiger partial charge in [-0.15, -0.1) is 0 Å². The Balaban J connectivity index is 1.10. The molecule has 286 valence electrons. The van der Waals surface area contributed by atoms with Gasteiger partial charge in [-0.1, -0.05) is 66.7 Å². The number of ether oxygens (including phenoxy) is 2. The van der Waals surface area contributed by atoms with Crippen molar-refractivity contribution in [2.75, 3.05) is 42.1 Å². The van der Waals surface area contributed by atoms with Crippen LogP contribution in [0.25, 0.3) is 0 Å². The molecule has 5 rings (SSSR count). The van der Waals surface area contributed by atoms with Crippen LogP contribution in [0, 0.1) is 5.92 Å². The van der Waals surface area contributed by atoms with Crippen LogP contribution in [0.2, 0.25) is 0 Å². The van der Waals surface area contributed by atoms with E-state index in [2.05, 4.69) is 20.3 Å². The van der Waals surface area contributed by atoms with E-state index in [4.69, 9.17) is 9.47 Å². The Morgan fingerprint density at radius 3 is 2.07 bits per heavy atom. The van der Waals surface area contributed by atoms with Crippen LogP contribution in [0.4, 0.5) is 11.4 Å². The number of carbonyl (C=O) groups excluding carboxylic acids is 3. The molecule has 0 spiro atoms. The summed E-state index contributed by atoms with van der Waals surface area (Å²) in [4.78, 5) is 41.4. The maximum absolute atomic E-state index is 13.3. The number of nitrogens with zero attached hydrogens (tertiary/aromatic N) is 1. The Bertz CT molecular complexity index is 1950. The first kappa shape index (κ1) is 39.8. The van der Waals surface area contributed by atoms with Crippen molar-refractivity contribution in [3.05, 3.63) is 125 Å². The average molecular weight is 759 g/mol. The number of phenols is 1. The third-order valence-corrected chi connectivity index (χ3v) is 9.60. The number of aromatic hydroxyl groups is 1. The second-order valence-corrected chi connectivity index (χ2v) is 15.0. The minimum Gasteiger partial charge on any atom is -0.506 e. The molecule has 1 aliphatic heterocycles. The Morgan fingerprint density at radius 2 is 1.46 bits per heavy atom. The normalized spacial score (nSPS) is 14.4. The zero-order chi connectivity index (χ0) is 38.5. The molecule has 0 aliphatic carbocycles. The van der Waals surface area contributed by atoms with E-state index in [0.717, 1.165) is 49.0 Å². The van der Waals surface area contributed by atoms with Crippen molar-refractivity contribution >= 4 is 39.2 Å². The summed E-state index contributed by atoms with van der Waals surface area (Å²) >= 11 is 0. The minimum atomic E-state index is -3.59. The smallest absolute Gasteiger partial charge is 0.329 e. The Kier molecular flexibility index (Phi) is 14.0. The first-order chi connectivity index (χ1) is 25.9. The highest BCUT2D eigenvalue weighted by Crippen LogP contribution is 2.28. The van der Waals surface area contributed by atoms with Crippen LogP contribution in [0.3, 0.4) is 0 Å². The summed E-state index contributed by atoms with van der Waals surface area (Å²) in [5, 5.41) is 26.6. The van der Waals surface area contributed by atoms with E-state index in [0.29, 0.717) is 23.6 Å². The van der Waals surface area contributed by atoms with E-state index in [1.54, 1.807) is 18.2 Å². The molecule has 4 aromatic carbocycles. The van der Waals surface area contributed by atoms with Gasteiger partial charge in [-0.05, 0) is 78.4 Å².